The Labute approximate surface area is 231 Å². The molecule has 0 radical (unpaired) electrons. The minimum absolute atomic E-state index is 0.211. The maximum absolute atomic E-state index is 12.6. The lowest BCUT2D eigenvalue weighted by Crippen LogP contribution is -2.11. The van der Waals surface area contributed by atoms with Crippen LogP contribution in [0.3, 0.4) is 0 Å². The van der Waals surface area contributed by atoms with Crippen molar-refractivity contribution in [2.24, 2.45) is 0 Å². The van der Waals surface area contributed by atoms with Crippen LogP contribution in [0.1, 0.15) is 15.9 Å². The molecule has 0 aliphatic heterocycles. The number of hydrogen-bond acceptors (Lipinski definition) is 8. The molecule has 0 aliphatic rings. The molecule has 0 spiro atoms. The van der Waals surface area contributed by atoms with Crippen molar-refractivity contribution in [3.05, 3.63) is 96.3 Å². The molecule has 0 unspecified atom stereocenters. The summed E-state index contributed by atoms with van der Waals surface area (Å²) >= 11 is 0. The van der Waals surface area contributed by atoms with E-state index in [1.165, 1.54) is 6.33 Å². The smallest absolute Gasteiger partial charge is 0.255 e. The zero-order valence-corrected chi connectivity index (χ0v) is 22.5. The van der Waals surface area contributed by atoms with Gasteiger partial charge in [0, 0.05) is 28.4 Å². The van der Waals surface area contributed by atoms with Gasteiger partial charge in [-0.25, -0.2) is 9.97 Å². The zero-order valence-electron chi connectivity index (χ0n) is 22.5. The molecule has 4 aromatic carbocycles. The van der Waals surface area contributed by atoms with Crippen molar-refractivity contribution in [1.29, 1.82) is 0 Å². The van der Waals surface area contributed by atoms with E-state index < -0.39 is 0 Å². The number of methoxy groups -OCH3 is 3. The largest absolute Gasteiger partial charge is 0.497 e. The minimum Gasteiger partial charge on any atom is -0.497 e. The highest BCUT2D eigenvalue weighted by Crippen LogP contribution is 2.35. The summed E-state index contributed by atoms with van der Waals surface area (Å²) in [6.45, 7) is 1.96. The molecule has 0 atom stereocenters. The van der Waals surface area contributed by atoms with Crippen molar-refractivity contribution in [2.45, 2.75) is 6.92 Å². The van der Waals surface area contributed by atoms with Crippen molar-refractivity contribution in [2.75, 3.05) is 32.0 Å². The number of benzene rings is 4. The van der Waals surface area contributed by atoms with E-state index in [0.29, 0.717) is 40.1 Å². The molecule has 1 aromatic heterocycles. The normalized spacial score (nSPS) is 10.6. The van der Waals surface area contributed by atoms with Crippen LogP contribution in [0.15, 0.2) is 85.2 Å². The molecule has 5 rings (SSSR count). The number of ether oxygens (including phenoxy) is 4. The topological polar surface area (TPSA) is 104 Å². The molecule has 0 aliphatic carbocycles. The van der Waals surface area contributed by atoms with Gasteiger partial charge >= 0.3 is 0 Å². The lowest BCUT2D eigenvalue weighted by molar-refractivity contribution is 0.102. The summed E-state index contributed by atoms with van der Waals surface area (Å²) in [7, 11) is 4.78. The average molecular weight is 537 g/mol. The summed E-state index contributed by atoms with van der Waals surface area (Å²) in [5.74, 6) is 3.66. The molecule has 0 saturated carbocycles. The van der Waals surface area contributed by atoms with Gasteiger partial charge in [0.1, 0.15) is 29.4 Å². The number of carbonyl (C=O) groups is 1. The molecule has 0 bridgehead atoms. The number of nitrogens with zero attached hydrogens (tertiary/aromatic N) is 2. The Kier molecular flexibility index (Phi) is 7.63. The highest BCUT2D eigenvalue weighted by molar-refractivity contribution is 6.04. The van der Waals surface area contributed by atoms with Gasteiger partial charge in [0.25, 0.3) is 5.91 Å². The second-order valence-electron chi connectivity index (χ2n) is 8.86. The maximum Gasteiger partial charge on any atom is 0.255 e. The summed E-state index contributed by atoms with van der Waals surface area (Å²) in [5.41, 5.74) is 3.69. The third kappa shape index (κ3) is 5.73. The third-order valence-corrected chi connectivity index (χ3v) is 6.27. The van der Waals surface area contributed by atoms with Crippen LogP contribution in [0.25, 0.3) is 10.9 Å². The number of aromatic nitrogens is 2. The van der Waals surface area contributed by atoms with E-state index in [9.17, 15) is 4.79 Å². The average Bonchev–Trinajstić information content (AvgIpc) is 2.98. The van der Waals surface area contributed by atoms with Gasteiger partial charge in [0.05, 0.1) is 26.8 Å². The Morgan fingerprint density at radius 1 is 0.700 bits per heavy atom. The number of rotatable bonds is 9. The van der Waals surface area contributed by atoms with Crippen LogP contribution in [0.4, 0.5) is 17.2 Å². The number of amides is 1. The first kappa shape index (κ1) is 26.3. The Balaban J connectivity index is 1.27. The predicted molar refractivity (Wildman–Crippen MR) is 155 cm³/mol. The van der Waals surface area contributed by atoms with Crippen molar-refractivity contribution in [1.82, 2.24) is 9.97 Å². The number of anilines is 3. The van der Waals surface area contributed by atoms with E-state index in [4.69, 9.17) is 18.9 Å². The van der Waals surface area contributed by atoms with Crippen LogP contribution in [0, 0.1) is 6.92 Å². The van der Waals surface area contributed by atoms with Gasteiger partial charge in [-0.2, -0.15) is 0 Å². The van der Waals surface area contributed by atoms with Crippen molar-refractivity contribution in [3.63, 3.8) is 0 Å². The van der Waals surface area contributed by atoms with Crippen molar-refractivity contribution >= 4 is 34.0 Å². The van der Waals surface area contributed by atoms with Crippen LogP contribution in [-0.2, 0) is 0 Å². The summed E-state index contributed by atoms with van der Waals surface area (Å²) in [5, 5.41) is 7.03. The van der Waals surface area contributed by atoms with Crippen LogP contribution in [-0.4, -0.2) is 37.2 Å². The van der Waals surface area contributed by atoms with Crippen LogP contribution in [0.2, 0.25) is 0 Å². The number of fused-ring (bicyclic) bond motifs is 1. The molecular formula is C31H28N4O5. The van der Waals surface area contributed by atoms with Gasteiger partial charge in [0.15, 0.2) is 11.5 Å². The fourth-order valence-electron chi connectivity index (χ4n) is 4.14. The van der Waals surface area contributed by atoms with E-state index in [2.05, 4.69) is 20.6 Å². The summed E-state index contributed by atoms with van der Waals surface area (Å²) < 4.78 is 22.1. The monoisotopic (exact) mass is 536 g/mol. The lowest BCUT2D eigenvalue weighted by atomic mass is 10.1. The molecule has 0 saturated heterocycles. The zero-order chi connectivity index (χ0) is 28.1. The van der Waals surface area contributed by atoms with E-state index >= 15 is 0 Å². The second-order valence-corrected chi connectivity index (χ2v) is 8.86. The standard InChI is InChI=1S/C31H28N4O5/c1-19-15-22(34-30-25-16-28(38-3)29(39-4)17-26(25)32-18-33-30)9-14-27(19)40-24-10-5-20(6-11-24)31(36)35-21-7-12-23(37-2)13-8-21/h5-18H,1-4H3,(H,35,36)(H,32,33,34). The van der Waals surface area contributed by atoms with Gasteiger partial charge < -0.3 is 29.6 Å². The minimum atomic E-state index is -0.211. The summed E-state index contributed by atoms with van der Waals surface area (Å²) in [6.07, 6.45) is 1.50. The molecule has 9 heteroatoms. The van der Waals surface area contributed by atoms with Gasteiger partial charge in [-0.05, 0) is 85.3 Å². The first-order valence-corrected chi connectivity index (χ1v) is 12.4. The summed E-state index contributed by atoms with van der Waals surface area (Å²) in [4.78, 5) is 21.4. The SMILES string of the molecule is COc1ccc(NC(=O)c2ccc(Oc3ccc(Nc4ncnc5cc(OC)c(OC)cc45)cc3C)cc2)cc1. The Hall–Kier alpha value is -5.31. The highest BCUT2D eigenvalue weighted by atomic mass is 16.5. The quantitative estimate of drug-likeness (QED) is 0.213. The van der Waals surface area contributed by atoms with E-state index in [1.54, 1.807) is 69.9 Å². The molecule has 2 N–H and O–H groups in total. The van der Waals surface area contributed by atoms with E-state index in [-0.39, 0.29) is 5.91 Å². The number of aryl methyl sites for hydroxylation is 1. The first-order valence-electron chi connectivity index (χ1n) is 12.4. The fourth-order valence-corrected chi connectivity index (χ4v) is 4.14. The van der Waals surface area contributed by atoms with E-state index in [1.807, 2.05) is 37.3 Å². The number of carbonyl (C=O) groups excluding carboxylic acids is 1. The van der Waals surface area contributed by atoms with Crippen LogP contribution < -0.4 is 29.6 Å². The molecular weight excluding hydrogens is 508 g/mol. The molecule has 9 nitrogen and oxygen atoms in total. The second kappa shape index (κ2) is 11.6. The molecule has 5 aromatic rings. The number of hydrogen-bond donors (Lipinski definition) is 2. The Morgan fingerprint density at radius 3 is 2.05 bits per heavy atom. The van der Waals surface area contributed by atoms with Crippen LogP contribution >= 0.6 is 0 Å². The lowest BCUT2D eigenvalue weighted by Gasteiger charge is -2.14. The Morgan fingerprint density at radius 2 is 1.38 bits per heavy atom. The van der Waals surface area contributed by atoms with Gasteiger partial charge in [-0.15, -0.1) is 0 Å². The predicted octanol–water partition coefficient (Wildman–Crippen LogP) is 6.75. The molecule has 1 amide bonds. The molecule has 1 heterocycles. The third-order valence-electron chi connectivity index (χ3n) is 6.27. The van der Waals surface area contributed by atoms with Crippen molar-refractivity contribution < 1.29 is 23.7 Å². The number of nitrogens with one attached hydrogen (secondary N) is 2. The molecule has 202 valence electrons. The Bertz CT molecular complexity index is 1650. The highest BCUT2D eigenvalue weighted by Gasteiger charge is 2.12. The first-order chi connectivity index (χ1) is 19.5. The molecule has 40 heavy (non-hydrogen) atoms. The maximum atomic E-state index is 12.6. The summed E-state index contributed by atoms with van der Waals surface area (Å²) in [6, 6.07) is 23.6. The van der Waals surface area contributed by atoms with Gasteiger partial charge in [0.2, 0.25) is 0 Å². The fraction of sp³-hybridized carbons (Fsp3) is 0.129. The van der Waals surface area contributed by atoms with Crippen molar-refractivity contribution in [3.8, 4) is 28.7 Å². The van der Waals surface area contributed by atoms with Gasteiger partial charge in [-0.1, -0.05) is 0 Å². The molecule has 0 fully saturated rings. The van der Waals surface area contributed by atoms with E-state index in [0.717, 1.165) is 27.9 Å². The van der Waals surface area contributed by atoms with Gasteiger partial charge in [-0.3, -0.25) is 4.79 Å². The van der Waals surface area contributed by atoms with Crippen LogP contribution in [0.5, 0.6) is 28.7 Å².